The van der Waals surface area contributed by atoms with Crippen LogP contribution in [0, 0.1) is 0 Å². The first kappa shape index (κ1) is 30.4. The van der Waals surface area contributed by atoms with E-state index in [4.69, 9.17) is 29.6 Å². The van der Waals surface area contributed by atoms with Gasteiger partial charge in [-0.15, -0.1) is 0 Å². The monoisotopic (exact) mass is 578 g/mol. The van der Waals surface area contributed by atoms with Crippen molar-refractivity contribution in [1.82, 2.24) is 20.3 Å². The molecule has 3 N–H and O–H groups in total. The molecule has 0 spiro atoms. The summed E-state index contributed by atoms with van der Waals surface area (Å²) in [5.74, 6) is -1.01. The number of alkyl carbamates (subject to hydrolysis) is 2. The van der Waals surface area contributed by atoms with Crippen LogP contribution < -0.4 is 15.4 Å². The molecule has 0 radical (unpaired) electrons. The number of likely N-dealkylation sites (tertiary alicyclic amines) is 1. The maximum Gasteiger partial charge on any atom is 0.508 e. The average molecular weight is 579 g/mol. The lowest BCUT2D eigenvalue weighted by Crippen LogP contribution is -2.74. The topological polar surface area (TPSA) is 196 Å². The molecule has 38 heavy (non-hydrogen) atoms. The van der Waals surface area contributed by atoms with Gasteiger partial charge in [-0.25, -0.2) is 23.9 Å². The van der Waals surface area contributed by atoms with Crippen molar-refractivity contribution in [1.29, 1.82) is 0 Å². The Morgan fingerprint density at radius 3 is 2.29 bits per heavy atom. The van der Waals surface area contributed by atoms with Gasteiger partial charge in [0.05, 0.1) is 6.54 Å². The van der Waals surface area contributed by atoms with Crippen LogP contribution in [-0.2, 0) is 39.6 Å². The number of imide groups is 1. The van der Waals surface area contributed by atoms with E-state index in [1.807, 2.05) is 0 Å². The molecule has 1 aliphatic rings. The Morgan fingerprint density at radius 2 is 1.68 bits per heavy atom. The number of urea groups is 1. The smallest absolute Gasteiger partial charge is 0.445 e. The van der Waals surface area contributed by atoms with Gasteiger partial charge in [-0.2, -0.15) is 8.42 Å². The van der Waals surface area contributed by atoms with Crippen LogP contribution in [-0.4, -0.2) is 81.0 Å². The second-order valence-electron chi connectivity index (χ2n) is 8.64. The summed E-state index contributed by atoms with van der Waals surface area (Å²) in [5, 5.41) is 4.59. The number of amides is 5. The maximum absolute atomic E-state index is 12.5. The number of benzene rings is 1. The van der Waals surface area contributed by atoms with E-state index in [1.54, 1.807) is 51.1 Å². The van der Waals surface area contributed by atoms with E-state index < -0.39 is 63.8 Å². The lowest BCUT2D eigenvalue weighted by molar-refractivity contribution is -0.147. The van der Waals surface area contributed by atoms with Gasteiger partial charge in [0.25, 0.3) is 5.91 Å². The van der Waals surface area contributed by atoms with Gasteiger partial charge in [-0.3, -0.25) is 9.69 Å². The first-order valence-electron chi connectivity index (χ1n) is 11.0. The minimum Gasteiger partial charge on any atom is -0.445 e. The molecule has 1 aromatic rings. The Labute approximate surface area is 222 Å². The Bertz CT molecular complexity index is 1140. The molecular weight excluding hydrogens is 552 g/mol. The molecule has 0 bridgehead atoms. The van der Waals surface area contributed by atoms with Crippen LogP contribution >= 0.6 is 10.7 Å². The first-order chi connectivity index (χ1) is 17.7. The largest absolute Gasteiger partial charge is 0.508 e. The zero-order valence-corrected chi connectivity index (χ0v) is 22.2. The van der Waals surface area contributed by atoms with Crippen molar-refractivity contribution >= 4 is 50.2 Å². The van der Waals surface area contributed by atoms with Crippen LogP contribution in [0.15, 0.2) is 30.3 Å². The molecule has 210 valence electrons. The standard InChI is InChI=1S/C21H27ClN4O11S/c1-21(2,3)37-18(29)23-9-10-34-20(31)36-12-14-15(16(27)26(14)17(28)25-38(22,32)33)24-19(30)35-11-13-7-5-4-6-8-13/h4-8,14-15H,9-12H2,1-3H3,(H,23,29)(H,24,30)(H,25,28)/t14-,15+/m1/s1. The van der Waals surface area contributed by atoms with Crippen LogP contribution in [0.5, 0.6) is 0 Å². The predicted octanol–water partition coefficient (Wildman–Crippen LogP) is 1.36. The molecular formula is C21H27ClN4O11S. The number of rotatable bonds is 9. The summed E-state index contributed by atoms with van der Waals surface area (Å²) in [4.78, 5) is 60.7. The summed E-state index contributed by atoms with van der Waals surface area (Å²) in [5.41, 5.74) is -0.0523. The van der Waals surface area contributed by atoms with Crippen LogP contribution in [0.4, 0.5) is 19.2 Å². The highest BCUT2D eigenvalue weighted by molar-refractivity contribution is 8.12. The summed E-state index contributed by atoms with van der Waals surface area (Å²) < 4.78 is 43.5. The third kappa shape index (κ3) is 10.3. The van der Waals surface area contributed by atoms with Gasteiger partial charge in [0.2, 0.25) is 0 Å². The molecule has 0 aromatic heterocycles. The molecule has 1 saturated heterocycles. The molecule has 17 heteroatoms. The van der Waals surface area contributed by atoms with Crippen LogP contribution in [0.3, 0.4) is 0 Å². The second kappa shape index (κ2) is 13.1. The number of hydrogen-bond donors (Lipinski definition) is 3. The highest BCUT2D eigenvalue weighted by Gasteiger charge is 2.53. The van der Waals surface area contributed by atoms with Crippen molar-refractivity contribution in [3.63, 3.8) is 0 Å². The van der Waals surface area contributed by atoms with Crippen molar-refractivity contribution in [3.05, 3.63) is 35.9 Å². The van der Waals surface area contributed by atoms with Crippen molar-refractivity contribution < 1.29 is 51.3 Å². The van der Waals surface area contributed by atoms with E-state index in [-0.39, 0.29) is 19.8 Å². The molecule has 0 unspecified atom stereocenters. The fourth-order valence-corrected chi connectivity index (χ4v) is 3.47. The molecule has 1 fully saturated rings. The van der Waals surface area contributed by atoms with Gasteiger partial charge in [0.15, 0.2) is 0 Å². The molecule has 2 rings (SSSR count). The third-order valence-electron chi connectivity index (χ3n) is 4.50. The second-order valence-corrected chi connectivity index (χ2v) is 10.9. The fraction of sp³-hybridized carbons (Fsp3) is 0.476. The van der Waals surface area contributed by atoms with E-state index in [0.29, 0.717) is 10.5 Å². The molecule has 1 aromatic carbocycles. The van der Waals surface area contributed by atoms with E-state index in [0.717, 1.165) is 0 Å². The minimum absolute atomic E-state index is 0.106. The number of β-lactam (4-membered cyclic amide) rings is 1. The van der Waals surface area contributed by atoms with Gasteiger partial charge in [-0.1, -0.05) is 30.3 Å². The number of halogens is 1. The van der Waals surface area contributed by atoms with Crippen LogP contribution in [0.2, 0.25) is 0 Å². The molecule has 2 atom stereocenters. The minimum atomic E-state index is -4.55. The Morgan fingerprint density at radius 1 is 1.03 bits per heavy atom. The quantitative estimate of drug-likeness (QED) is 0.126. The van der Waals surface area contributed by atoms with E-state index in [9.17, 15) is 32.4 Å². The number of carbonyl (C=O) groups excluding carboxylic acids is 5. The molecule has 0 aliphatic carbocycles. The molecule has 1 aliphatic heterocycles. The first-order valence-corrected chi connectivity index (χ1v) is 13.3. The highest BCUT2D eigenvalue weighted by atomic mass is 35.7. The molecule has 15 nitrogen and oxygen atoms in total. The van der Waals surface area contributed by atoms with Crippen LogP contribution in [0.25, 0.3) is 0 Å². The molecule has 5 amide bonds. The van der Waals surface area contributed by atoms with Crippen molar-refractivity contribution in [2.75, 3.05) is 19.8 Å². The predicted molar refractivity (Wildman–Crippen MR) is 129 cm³/mol. The van der Waals surface area contributed by atoms with Gasteiger partial charge in [-0.05, 0) is 26.3 Å². The van der Waals surface area contributed by atoms with Crippen molar-refractivity contribution in [2.45, 2.75) is 45.1 Å². The summed E-state index contributed by atoms with van der Waals surface area (Å²) in [6, 6.07) is 4.48. The Hall–Kier alpha value is -3.79. The van der Waals surface area contributed by atoms with E-state index >= 15 is 0 Å². The fourth-order valence-electron chi connectivity index (χ4n) is 2.97. The number of carbonyl (C=O) groups is 5. The normalized spacial score (nSPS) is 16.9. The summed E-state index contributed by atoms with van der Waals surface area (Å²) in [7, 11) is 0.447. The van der Waals surface area contributed by atoms with Gasteiger partial charge in [0.1, 0.15) is 37.5 Å². The lowest BCUT2D eigenvalue weighted by atomic mass is 9.96. The van der Waals surface area contributed by atoms with Crippen molar-refractivity contribution in [2.24, 2.45) is 0 Å². The third-order valence-corrected chi connectivity index (χ3v) is 5.15. The van der Waals surface area contributed by atoms with Crippen molar-refractivity contribution in [3.8, 4) is 0 Å². The lowest BCUT2D eigenvalue weighted by Gasteiger charge is -2.44. The zero-order valence-electron chi connectivity index (χ0n) is 20.6. The summed E-state index contributed by atoms with van der Waals surface area (Å²) >= 11 is 0. The summed E-state index contributed by atoms with van der Waals surface area (Å²) in [6.07, 6.45) is -2.98. The molecule has 1 heterocycles. The summed E-state index contributed by atoms with van der Waals surface area (Å²) in [6.45, 7) is 3.81. The van der Waals surface area contributed by atoms with Gasteiger partial charge >= 0.3 is 33.6 Å². The van der Waals surface area contributed by atoms with Crippen LogP contribution in [0.1, 0.15) is 26.3 Å². The maximum atomic E-state index is 12.5. The zero-order chi connectivity index (χ0) is 28.5. The Balaban J connectivity index is 1.90. The van der Waals surface area contributed by atoms with Gasteiger partial charge < -0.3 is 29.6 Å². The number of hydrogen-bond acceptors (Lipinski definition) is 11. The highest BCUT2D eigenvalue weighted by Crippen LogP contribution is 2.22. The van der Waals surface area contributed by atoms with Gasteiger partial charge in [0, 0.05) is 10.7 Å². The molecule has 0 saturated carbocycles. The Kier molecular flexibility index (Phi) is 10.5. The van der Waals surface area contributed by atoms with E-state index in [2.05, 4.69) is 10.6 Å². The number of nitrogens with zero attached hydrogens (tertiary/aromatic N) is 1. The number of nitrogens with one attached hydrogen (secondary N) is 3. The number of ether oxygens (including phenoxy) is 4. The van der Waals surface area contributed by atoms with E-state index in [1.165, 1.54) is 4.72 Å². The average Bonchev–Trinajstić information content (AvgIpc) is 2.79. The SMILES string of the molecule is CC(C)(C)OC(=O)NCCOC(=O)OC[C@@H]1[C@H](NC(=O)OCc2ccccc2)C(=O)N1C(=O)NS(=O)(=O)Cl.